The van der Waals surface area contributed by atoms with Crippen LogP contribution in [0.3, 0.4) is 0 Å². The number of nitrogens with one attached hydrogen (secondary N) is 2. The molecule has 25 heavy (non-hydrogen) atoms. The van der Waals surface area contributed by atoms with Gasteiger partial charge in [-0.15, -0.1) is 0 Å². The fraction of sp³-hybridized carbons (Fsp3) is 0.632. The molecule has 2 aliphatic rings. The highest BCUT2D eigenvalue weighted by atomic mass is 16.2. The zero-order valence-electron chi connectivity index (χ0n) is 14.9. The van der Waals surface area contributed by atoms with Crippen LogP contribution in [-0.2, 0) is 4.79 Å². The van der Waals surface area contributed by atoms with Crippen LogP contribution in [0.2, 0.25) is 0 Å². The molecule has 2 N–H and O–H groups in total. The Morgan fingerprint density at radius 3 is 3.00 bits per heavy atom. The zero-order valence-corrected chi connectivity index (χ0v) is 14.9. The number of likely N-dealkylation sites (tertiary alicyclic amines) is 1. The van der Waals surface area contributed by atoms with E-state index < -0.39 is 0 Å². The molecule has 0 aromatic carbocycles. The van der Waals surface area contributed by atoms with Crippen LogP contribution >= 0.6 is 0 Å². The van der Waals surface area contributed by atoms with Crippen LogP contribution in [-0.4, -0.2) is 47.5 Å². The van der Waals surface area contributed by atoms with Gasteiger partial charge in [0, 0.05) is 25.3 Å². The van der Waals surface area contributed by atoms with Gasteiger partial charge in [0.1, 0.15) is 11.9 Å². The lowest BCUT2D eigenvalue weighted by Crippen LogP contribution is -2.47. The van der Waals surface area contributed by atoms with Gasteiger partial charge in [0.15, 0.2) is 0 Å². The van der Waals surface area contributed by atoms with Gasteiger partial charge in [-0.1, -0.05) is 12.8 Å². The molecule has 0 spiro atoms. The topological polar surface area (TPSA) is 81.1 Å². The summed E-state index contributed by atoms with van der Waals surface area (Å²) in [6, 6.07) is 6.00. The van der Waals surface area contributed by atoms with Crippen LogP contribution in [0.15, 0.2) is 18.3 Å². The van der Waals surface area contributed by atoms with E-state index in [1.807, 2.05) is 6.92 Å². The Bertz CT molecular complexity index is 635. The van der Waals surface area contributed by atoms with Gasteiger partial charge in [-0.2, -0.15) is 5.26 Å². The number of aromatic nitrogens is 1. The van der Waals surface area contributed by atoms with Gasteiger partial charge < -0.3 is 10.6 Å². The van der Waals surface area contributed by atoms with Crippen LogP contribution < -0.4 is 10.6 Å². The van der Waals surface area contributed by atoms with E-state index in [-0.39, 0.29) is 11.9 Å². The van der Waals surface area contributed by atoms with E-state index in [0.717, 1.165) is 38.9 Å². The quantitative estimate of drug-likeness (QED) is 0.828. The van der Waals surface area contributed by atoms with E-state index in [1.54, 1.807) is 18.3 Å². The van der Waals surface area contributed by atoms with Gasteiger partial charge >= 0.3 is 0 Å². The number of anilines is 1. The van der Waals surface area contributed by atoms with E-state index in [9.17, 15) is 4.79 Å². The summed E-state index contributed by atoms with van der Waals surface area (Å²) in [5, 5.41) is 15.6. The summed E-state index contributed by atoms with van der Waals surface area (Å²) in [4.78, 5) is 18.9. The Morgan fingerprint density at radius 2 is 2.24 bits per heavy atom. The molecule has 1 amide bonds. The third-order valence-corrected chi connectivity index (χ3v) is 5.43. The molecular formula is C19H27N5O. The number of amides is 1. The molecule has 2 atom stereocenters. The number of nitrogens with zero attached hydrogens (tertiary/aromatic N) is 3. The highest BCUT2D eigenvalue weighted by molar-refractivity contribution is 5.81. The predicted molar refractivity (Wildman–Crippen MR) is 97.0 cm³/mol. The fourth-order valence-corrected chi connectivity index (χ4v) is 3.82. The Hall–Kier alpha value is -2.13. The first kappa shape index (κ1) is 17.7. The van der Waals surface area contributed by atoms with Crippen LogP contribution in [0.1, 0.15) is 44.6 Å². The summed E-state index contributed by atoms with van der Waals surface area (Å²) in [7, 11) is 0. The molecule has 1 saturated heterocycles. The summed E-state index contributed by atoms with van der Waals surface area (Å²) in [5.74, 6) is 1.28. The van der Waals surface area contributed by atoms with Crippen molar-refractivity contribution in [1.82, 2.24) is 15.2 Å². The van der Waals surface area contributed by atoms with Crippen molar-refractivity contribution in [3.63, 3.8) is 0 Å². The van der Waals surface area contributed by atoms with Crippen molar-refractivity contribution in [2.45, 2.75) is 51.1 Å². The first-order valence-electron chi connectivity index (χ1n) is 9.31. The molecule has 1 aliphatic heterocycles. The maximum atomic E-state index is 12.4. The molecule has 6 nitrogen and oxygen atoms in total. The van der Waals surface area contributed by atoms with Crippen molar-refractivity contribution in [2.75, 3.05) is 25.0 Å². The van der Waals surface area contributed by atoms with Crippen LogP contribution in [0, 0.1) is 17.2 Å². The molecule has 134 valence electrons. The number of hydrogen-bond acceptors (Lipinski definition) is 5. The van der Waals surface area contributed by atoms with Crippen molar-refractivity contribution in [3.05, 3.63) is 23.9 Å². The molecule has 3 rings (SSSR count). The van der Waals surface area contributed by atoms with Crippen LogP contribution in [0.25, 0.3) is 0 Å². The molecule has 2 fully saturated rings. The first-order valence-corrected chi connectivity index (χ1v) is 9.31. The van der Waals surface area contributed by atoms with Gasteiger partial charge in [-0.25, -0.2) is 4.98 Å². The van der Waals surface area contributed by atoms with E-state index in [2.05, 4.69) is 26.6 Å². The molecule has 1 saturated carbocycles. The minimum absolute atomic E-state index is 0.0740. The molecule has 2 unspecified atom stereocenters. The normalized spacial score (nSPS) is 22.5. The highest BCUT2D eigenvalue weighted by Gasteiger charge is 2.30. The Balaban J connectivity index is 1.46. The summed E-state index contributed by atoms with van der Waals surface area (Å²) >= 11 is 0. The highest BCUT2D eigenvalue weighted by Crippen LogP contribution is 2.21. The minimum Gasteiger partial charge on any atom is -0.369 e. The maximum absolute atomic E-state index is 12.4. The van der Waals surface area contributed by atoms with E-state index in [4.69, 9.17) is 5.26 Å². The fourth-order valence-electron chi connectivity index (χ4n) is 3.82. The summed E-state index contributed by atoms with van der Waals surface area (Å²) in [5.41, 5.74) is 0.571. The Labute approximate surface area is 149 Å². The van der Waals surface area contributed by atoms with Gasteiger partial charge in [-0.3, -0.25) is 9.69 Å². The second-order valence-corrected chi connectivity index (χ2v) is 7.21. The molecular weight excluding hydrogens is 314 g/mol. The standard InChI is InChI=1S/C19H27N5O/c1-14(19(25)23-17-6-2-3-7-17)24-10-8-15(13-24)12-22-18-16(11-20)5-4-9-21-18/h4-5,9,14-15,17H,2-3,6-8,10,12-13H2,1H3,(H,21,22)(H,23,25). The number of hydrogen-bond donors (Lipinski definition) is 2. The van der Waals surface area contributed by atoms with Gasteiger partial charge in [-0.05, 0) is 50.8 Å². The smallest absolute Gasteiger partial charge is 0.237 e. The minimum atomic E-state index is -0.0740. The number of pyridine rings is 1. The molecule has 0 bridgehead atoms. The van der Waals surface area contributed by atoms with Crippen LogP contribution in [0.4, 0.5) is 5.82 Å². The Kier molecular flexibility index (Phi) is 5.87. The van der Waals surface area contributed by atoms with Crippen LogP contribution in [0.5, 0.6) is 0 Å². The number of carbonyl (C=O) groups is 1. The molecule has 1 aromatic heterocycles. The zero-order chi connectivity index (χ0) is 17.6. The summed E-state index contributed by atoms with van der Waals surface area (Å²) in [6.45, 7) is 4.63. The average Bonchev–Trinajstić information content (AvgIpc) is 3.31. The van der Waals surface area contributed by atoms with E-state index in [0.29, 0.717) is 23.3 Å². The number of nitriles is 1. The molecule has 2 heterocycles. The molecule has 6 heteroatoms. The van der Waals surface area contributed by atoms with Gasteiger partial charge in [0.05, 0.1) is 11.6 Å². The van der Waals surface area contributed by atoms with Crippen molar-refractivity contribution >= 4 is 11.7 Å². The second-order valence-electron chi connectivity index (χ2n) is 7.21. The third-order valence-electron chi connectivity index (χ3n) is 5.43. The third kappa shape index (κ3) is 4.49. The maximum Gasteiger partial charge on any atom is 0.237 e. The number of carbonyl (C=O) groups excluding carboxylic acids is 1. The van der Waals surface area contributed by atoms with Gasteiger partial charge in [0.25, 0.3) is 0 Å². The Morgan fingerprint density at radius 1 is 1.44 bits per heavy atom. The lowest BCUT2D eigenvalue weighted by molar-refractivity contribution is -0.126. The predicted octanol–water partition coefficient (Wildman–Crippen LogP) is 2.13. The monoisotopic (exact) mass is 341 g/mol. The largest absolute Gasteiger partial charge is 0.369 e. The molecule has 0 radical (unpaired) electrons. The molecule has 1 aromatic rings. The molecule has 1 aliphatic carbocycles. The van der Waals surface area contributed by atoms with E-state index >= 15 is 0 Å². The van der Waals surface area contributed by atoms with Crippen molar-refractivity contribution < 1.29 is 4.79 Å². The second kappa shape index (κ2) is 8.30. The SMILES string of the molecule is CC(C(=O)NC1CCCC1)N1CCC(CNc2ncccc2C#N)C1. The van der Waals surface area contributed by atoms with Gasteiger partial charge in [0.2, 0.25) is 5.91 Å². The lowest BCUT2D eigenvalue weighted by atomic mass is 10.1. The van der Waals surface area contributed by atoms with Crippen molar-refractivity contribution in [1.29, 1.82) is 5.26 Å². The first-order chi connectivity index (χ1) is 12.2. The lowest BCUT2D eigenvalue weighted by Gasteiger charge is -2.25. The summed E-state index contributed by atoms with van der Waals surface area (Å²) in [6.07, 6.45) is 7.46. The van der Waals surface area contributed by atoms with E-state index in [1.165, 1.54) is 12.8 Å². The number of rotatable bonds is 6. The summed E-state index contributed by atoms with van der Waals surface area (Å²) < 4.78 is 0. The van der Waals surface area contributed by atoms with Crippen molar-refractivity contribution in [2.24, 2.45) is 5.92 Å². The average molecular weight is 341 g/mol. The van der Waals surface area contributed by atoms with Crippen molar-refractivity contribution in [3.8, 4) is 6.07 Å².